The van der Waals surface area contributed by atoms with Gasteiger partial charge in [0.25, 0.3) is 0 Å². The molecule has 0 amide bonds. The molecule has 0 saturated carbocycles. The van der Waals surface area contributed by atoms with Gasteiger partial charge in [-0.25, -0.2) is 15.0 Å². The molecule has 0 radical (unpaired) electrons. The van der Waals surface area contributed by atoms with Crippen molar-refractivity contribution in [1.82, 2.24) is 19.5 Å². The molecule has 0 aromatic carbocycles. The molecule has 0 spiro atoms. The molecule has 2 rings (SSSR count). The zero-order chi connectivity index (χ0) is 14.0. The topological polar surface area (TPSA) is 43.6 Å². The number of aryl methyl sites for hydroxylation is 1. The first-order valence-corrected chi connectivity index (χ1v) is 6.87. The third-order valence-corrected chi connectivity index (χ3v) is 2.98. The molecule has 0 aliphatic heterocycles. The number of halogens is 1. The van der Waals surface area contributed by atoms with E-state index < -0.39 is 0 Å². The second-order valence-corrected chi connectivity index (χ2v) is 5.97. The normalized spacial score (nSPS) is 11.8. The Kier molecular flexibility index (Phi) is 3.90. The summed E-state index contributed by atoms with van der Waals surface area (Å²) in [4.78, 5) is 13.3. The van der Waals surface area contributed by atoms with E-state index in [2.05, 4.69) is 42.6 Å². The molecule has 0 bridgehead atoms. The van der Waals surface area contributed by atoms with Gasteiger partial charge in [-0.05, 0) is 6.42 Å². The van der Waals surface area contributed by atoms with Gasteiger partial charge in [0.05, 0.1) is 0 Å². The van der Waals surface area contributed by atoms with E-state index in [1.54, 1.807) is 12.3 Å². The first-order chi connectivity index (χ1) is 8.91. The van der Waals surface area contributed by atoms with Gasteiger partial charge in [0.15, 0.2) is 0 Å². The second kappa shape index (κ2) is 5.29. The van der Waals surface area contributed by atoms with E-state index >= 15 is 0 Å². The minimum atomic E-state index is -0.134. The highest BCUT2D eigenvalue weighted by Gasteiger charge is 2.19. The van der Waals surface area contributed by atoms with Gasteiger partial charge in [-0.15, -0.1) is 0 Å². The molecule has 0 aliphatic rings. The highest BCUT2D eigenvalue weighted by molar-refractivity contribution is 6.29. The van der Waals surface area contributed by atoms with Crippen LogP contribution in [0.3, 0.4) is 0 Å². The third-order valence-electron chi connectivity index (χ3n) is 2.79. The summed E-state index contributed by atoms with van der Waals surface area (Å²) >= 11 is 6.12. The maximum Gasteiger partial charge on any atom is 0.143 e. The van der Waals surface area contributed by atoms with Gasteiger partial charge in [0.2, 0.25) is 0 Å². The Bertz CT molecular complexity index is 569. The molecule has 0 atom stereocenters. The van der Waals surface area contributed by atoms with E-state index in [9.17, 15) is 0 Å². The van der Waals surface area contributed by atoms with Gasteiger partial charge in [-0.3, -0.25) is 4.57 Å². The average Bonchev–Trinajstić information content (AvgIpc) is 2.76. The van der Waals surface area contributed by atoms with Crippen molar-refractivity contribution in [2.45, 2.75) is 46.0 Å². The van der Waals surface area contributed by atoms with Crippen LogP contribution in [-0.2, 0) is 11.8 Å². The first kappa shape index (κ1) is 14.0. The molecule has 0 fully saturated rings. The second-order valence-electron chi connectivity index (χ2n) is 5.59. The fourth-order valence-electron chi connectivity index (χ4n) is 1.82. The summed E-state index contributed by atoms with van der Waals surface area (Å²) in [7, 11) is 0. The van der Waals surface area contributed by atoms with Gasteiger partial charge in [-0.1, -0.05) is 39.3 Å². The van der Waals surface area contributed by atoms with E-state index in [4.69, 9.17) is 11.6 Å². The number of nitrogens with zero attached hydrogens (tertiary/aromatic N) is 4. The van der Waals surface area contributed by atoms with Crippen molar-refractivity contribution in [2.24, 2.45) is 0 Å². The van der Waals surface area contributed by atoms with Gasteiger partial charge < -0.3 is 0 Å². The van der Waals surface area contributed by atoms with E-state index in [1.165, 1.54) is 0 Å². The Labute approximate surface area is 118 Å². The van der Waals surface area contributed by atoms with Gasteiger partial charge in [0, 0.05) is 30.3 Å². The molecule has 19 heavy (non-hydrogen) atoms. The summed E-state index contributed by atoms with van der Waals surface area (Å²) < 4.78 is 1.98. The summed E-state index contributed by atoms with van der Waals surface area (Å²) in [5.74, 6) is 2.52. The van der Waals surface area contributed by atoms with Crippen molar-refractivity contribution < 1.29 is 0 Å². The summed E-state index contributed by atoms with van der Waals surface area (Å²) in [6.07, 6.45) is 5.66. The largest absolute Gasteiger partial charge is 0.288 e. The Balaban J connectivity index is 2.50. The van der Waals surface area contributed by atoms with E-state index in [0.717, 1.165) is 30.3 Å². The molecule has 0 saturated heterocycles. The Hall–Kier alpha value is -1.42. The Morgan fingerprint density at radius 1 is 1.26 bits per heavy atom. The quantitative estimate of drug-likeness (QED) is 0.806. The summed E-state index contributed by atoms with van der Waals surface area (Å²) in [6.45, 7) is 8.35. The van der Waals surface area contributed by atoms with Crippen molar-refractivity contribution in [3.05, 3.63) is 35.3 Å². The van der Waals surface area contributed by atoms with Gasteiger partial charge in [-0.2, -0.15) is 0 Å². The van der Waals surface area contributed by atoms with Crippen LogP contribution < -0.4 is 0 Å². The molecule has 4 nitrogen and oxygen atoms in total. The summed E-state index contributed by atoms with van der Waals surface area (Å²) in [5, 5.41) is 0.464. The van der Waals surface area contributed by atoms with Crippen LogP contribution in [0.15, 0.2) is 18.5 Å². The molecule has 2 heterocycles. The Morgan fingerprint density at radius 2 is 2.00 bits per heavy atom. The molecule has 0 N–H and O–H groups in total. The molecular weight excluding hydrogens is 260 g/mol. The first-order valence-electron chi connectivity index (χ1n) is 6.49. The van der Waals surface area contributed by atoms with Crippen molar-refractivity contribution in [3.63, 3.8) is 0 Å². The molecule has 102 valence electrons. The van der Waals surface area contributed by atoms with Crippen LogP contribution in [0, 0.1) is 0 Å². The predicted molar refractivity (Wildman–Crippen MR) is 76.9 cm³/mol. The zero-order valence-electron chi connectivity index (χ0n) is 11.8. The molecule has 5 heteroatoms. The standard InChI is InChI=1S/C14H19ClN4/c1-5-6-11-16-7-8-19(11)12-9-10(15)17-13(18-12)14(2,3)4/h7-9H,5-6H2,1-4H3. The lowest BCUT2D eigenvalue weighted by Crippen LogP contribution is -2.18. The maximum atomic E-state index is 6.12. The average molecular weight is 279 g/mol. The maximum absolute atomic E-state index is 6.12. The van der Waals surface area contributed by atoms with Gasteiger partial charge in [0.1, 0.15) is 22.6 Å². The van der Waals surface area contributed by atoms with Crippen LogP contribution in [-0.4, -0.2) is 19.5 Å². The lowest BCUT2D eigenvalue weighted by Gasteiger charge is -2.18. The number of rotatable bonds is 3. The fourth-order valence-corrected chi connectivity index (χ4v) is 1.99. The predicted octanol–water partition coefficient (Wildman–Crippen LogP) is 3.57. The van der Waals surface area contributed by atoms with Crippen molar-refractivity contribution in [2.75, 3.05) is 0 Å². The monoisotopic (exact) mass is 278 g/mol. The summed E-state index contributed by atoms with van der Waals surface area (Å²) in [5.41, 5.74) is -0.134. The number of imidazole rings is 1. The van der Waals surface area contributed by atoms with Crippen LogP contribution >= 0.6 is 11.6 Å². The SMILES string of the molecule is CCCc1nccn1-c1cc(Cl)nc(C(C)(C)C)n1. The van der Waals surface area contributed by atoms with Crippen LogP contribution in [0.4, 0.5) is 0 Å². The molecular formula is C14H19ClN4. The number of hydrogen-bond acceptors (Lipinski definition) is 3. The number of hydrogen-bond donors (Lipinski definition) is 0. The van der Waals surface area contributed by atoms with Crippen LogP contribution in [0.2, 0.25) is 5.15 Å². The zero-order valence-corrected chi connectivity index (χ0v) is 12.6. The fraction of sp³-hybridized carbons (Fsp3) is 0.500. The molecule has 0 unspecified atom stereocenters. The van der Waals surface area contributed by atoms with Crippen molar-refractivity contribution in [1.29, 1.82) is 0 Å². The van der Waals surface area contributed by atoms with E-state index in [-0.39, 0.29) is 5.41 Å². The van der Waals surface area contributed by atoms with Crippen LogP contribution in [0.25, 0.3) is 5.82 Å². The van der Waals surface area contributed by atoms with Crippen molar-refractivity contribution in [3.8, 4) is 5.82 Å². The molecule has 2 aromatic rings. The van der Waals surface area contributed by atoms with Crippen LogP contribution in [0.5, 0.6) is 0 Å². The minimum Gasteiger partial charge on any atom is -0.288 e. The molecule has 2 aromatic heterocycles. The lowest BCUT2D eigenvalue weighted by molar-refractivity contribution is 0.542. The van der Waals surface area contributed by atoms with E-state index in [0.29, 0.717) is 5.15 Å². The van der Waals surface area contributed by atoms with E-state index in [1.807, 2.05) is 10.8 Å². The third kappa shape index (κ3) is 3.13. The van der Waals surface area contributed by atoms with Crippen LogP contribution in [0.1, 0.15) is 45.8 Å². The summed E-state index contributed by atoms with van der Waals surface area (Å²) in [6, 6.07) is 1.78. The molecule has 0 aliphatic carbocycles. The van der Waals surface area contributed by atoms with Crippen molar-refractivity contribution >= 4 is 11.6 Å². The van der Waals surface area contributed by atoms with Gasteiger partial charge >= 0.3 is 0 Å². The highest BCUT2D eigenvalue weighted by Crippen LogP contribution is 2.22. The highest BCUT2D eigenvalue weighted by atomic mass is 35.5. The Morgan fingerprint density at radius 3 is 2.63 bits per heavy atom. The lowest BCUT2D eigenvalue weighted by atomic mass is 9.96. The number of aromatic nitrogens is 4. The minimum absolute atomic E-state index is 0.134. The smallest absolute Gasteiger partial charge is 0.143 e.